The number of sulfonamides is 1. The lowest BCUT2D eigenvalue weighted by atomic mass is 9.86. The molecule has 1 aromatic carbocycles. The molecule has 1 aliphatic rings. The Kier molecular flexibility index (Phi) is 4.60. The summed E-state index contributed by atoms with van der Waals surface area (Å²) in [4.78, 5) is 11.2. The number of hydrogen-bond donors (Lipinski definition) is 1. The van der Waals surface area contributed by atoms with Gasteiger partial charge in [-0.05, 0) is 43.4 Å². The van der Waals surface area contributed by atoms with E-state index in [0.717, 1.165) is 19.3 Å². The van der Waals surface area contributed by atoms with Crippen LogP contribution in [0.4, 0.5) is 0 Å². The van der Waals surface area contributed by atoms with Crippen LogP contribution in [0.15, 0.2) is 17.0 Å². The van der Waals surface area contributed by atoms with E-state index in [-0.39, 0.29) is 21.0 Å². The lowest BCUT2D eigenvalue weighted by molar-refractivity contribution is 0.0696. The molecule has 2 rings (SSSR count). The van der Waals surface area contributed by atoms with Gasteiger partial charge in [0.25, 0.3) is 0 Å². The van der Waals surface area contributed by atoms with Gasteiger partial charge < -0.3 is 5.11 Å². The van der Waals surface area contributed by atoms with Crippen molar-refractivity contribution in [1.29, 1.82) is 0 Å². The van der Waals surface area contributed by atoms with Crippen LogP contribution < -0.4 is 0 Å². The fraction of sp³-hybridized carbons (Fsp3) is 0.500. The Bertz CT molecular complexity index is 668. The van der Waals surface area contributed by atoms with Crippen LogP contribution >= 0.6 is 11.6 Å². The molecule has 0 atom stereocenters. The summed E-state index contributed by atoms with van der Waals surface area (Å²) < 4.78 is 26.6. The average molecular weight is 332 g/mol. The molecule has 1 aromatic rings. The predicted octanol–water partition coefficient (Wildman–Crippen LogP) is 2.77. The molecule has 7 heteroatoms. The molecule has 0 bridgehead atoms. The maximum atomic E-state index is 12.6. The highest BCUT2D eigenvalue weighted by Crippen LogP contribution is 2.30. The van der Waals surface area contributed by atoms with Crippen LogP contribution in [-0.2, 0) is 10.0 Å². The molecule has 1 saturated carbocycles. The highest BCUT2D eigenvalue weighted by Gasteiger charge is 2.29. The quantitative estimate of drug-likeness (QED) is 0.900. The zero-order valence-electron chi connectivity index (χ0n) is 12.0. The number of carboxylic acid groups (broad SMARTS) is 1. The average Bonchev–Trinajstić information content (AvgIpc) is 2.35. The lowest BCUT2D eigenvalue weighted by Gasteiger charge is -2.30. The van der Waals surface area contributed by atoms with E-state index in [1.807, 2.05) is 0 Å². The molecular formula is C14H18ClNO4S. The van der Waals surface area contributed by atoms with E-state index in [9.17, 15) is 13.2 Å². The number of aromatic carboxylic acids is 1. The molecule has 116 valence electrons. The van der Waals surface area contributed by atoms with Crippen molar-refractivity contribution < 1.29 is 18.3 Å². The van der Waals surface area contributed by atoms with Crippen LogP contribution in [0.25, 0.3) is 0 Å². The number of benzene rings is 1. The van der Waals surface area contributed by atoms with Crippen LogP contribution in [0, 0.1) is 12.8 Å². The van der Waals surface area contributed by atoms with Crippen molar-refractivity contribution in [3.63, 3.8) is 0 Å². The number of hydrogen-bond acceptors (Lipinski definition) is 3. The lowest BCUT2D eigenvalue weighted by Crippen LogP contribution is -2.34. The zero-order chi connectivity index (χ0) is 15.8. The summed E-state index contributed by atoms with van der Waals surface area (Å²) in [7, 11) is -2.21. The van der Waals surface area contributed by atoms with Gasteiger partial charge in [0.1, 0.15) is 0 Å². The standard InChI is InChI=1S/C14H18ClNO4S/c1-9-12(14(17)18)6-11(15)7-13(9)21(19,20)16(2)8-10-4-3-5-10/h6-7,10H,3-5,8H2,1-2H3,(H,17,18). The third kappa shape index (κ3) is 3.22. The summed E-state index contributed by atoms with van der Waals surface area (Å²) in [5.74, 6) is -0.795. The van der Waals surface area contributed by atoms with Crippen molar-refractivity contribution in [3.05, 3.63) is 28.3 Å². The van der Waals surface area contributed by atoms with E-state index >= 15 is 0 Å². The minimum absolute atomic E-state index is 0.0331. The van der Waals surface area contributed by atoms with Crippen molar-refractivity contribution in [2.24, 2.45) is 5.92 Å². The van der Waals surface area contributed by atoms with Gasteiger partial charge in [-0.15, -0.1) is 0 Å². The number of carbonyl (C=O) groups is 1. The van der Waals surface area contributed by atoms with Crippen molar-refractivity contribution in [2.75, 3.05) is 13.6 Å². The molecule has 1 fully saturated rings. The van der Waals surface area contributed by atoms with E-state index < -0.39 is 16.0 Å². The van der Waals surface area contributed by atoms with Crippen molar-refractivity contribution in [1.82, 2.24) is 4.31 Å². The molecule has 0 aliphatic heterocycles. The van der Waals surface area contributed by atoms with E-state index in [4.69, 9.17) is 16.7 Å². The zero-order valence-corrected chi connectivity index (χ0v) is 13.5. The predicted molar refractivity (Wildman–Crippen MR) is 80.3 cm³/mol. The Balaban J connectivity index is 2.41. The number of nitrogens with zero attached hydrogens (tertiary/aromatic N) is 1. The molecule has 5 nitrogen and oxygen atoms in total. The largest absolute Gasteiger partial charge is 0.478 e. The molecule has 0 spiro atoms. The second-order valence-electron chi connectivity index (χ2n) is 5.46. The summed E-state index contributed by atoms with van der Waals surface area (Å²) in [5, 5.41) is 9.25. The Labute approximate surface area is 129 Å². The molecule has 1 N–H and O–H groups in total. The van der Waals surface area contributed by atoms with Gasteiger partial charge in [0.2, 0.25) is 10.0 Å². The molecule has 0 amide bonds. The maximum absolute atomic E-state index is 12.6. The monoisotopic (exact) mass is 331 g/mol. The fourth-order valence-corrected chi connectivity index (χ4v) is 4.25. The van der Waals surface area contributed by atoms with E-state index in [2.05, 4.69) is 0 Å². The number of rotatable bonds is 5. The van der Waals surface area contributed by atoms with Crippen LogP contribution in [-0.4, -0.2) is 37.4 Å². The SMILES string of the molecule is Cc1c(C(=O)O)cc(Cl)cc1S(=O)(=O)N(C)CC1CCC1. The molecular weight excluding hydrogens is 314 g/mol. The summed E-state index contributed by atoms with van der Waals surface area (Å²) in [5.41, 5.74) is 0.130. The van der Waals surface area contributed by atoms with Crippen molar-refractivity contribution in [2.45, 2.75) is 31.1 Å². The maximum Gasteiger partial charge on any atom is 0.336 e. The first-order valence-corrected chi connectivity index (χ1v) is 8.55. The Morgan fingerprint density at radius 1 is 1.43 bits per heavy atom. The van der Waals surface area contributed by atoms with Crippen LogP contribution in [0.5, 0.6) is 0 Å². The minimum atomic E-state index is -3.73. The first kappa shape index (κ1) is 16.3. The second-order valence-corrected chi connectivity index (χ2v) is 7.91. The van der Waals surface area contributed by atoms with Gasteiger partial charge in [-0.2, -0.15) is 0 Å². The third-order valence-corrected chi connectivity index (χ3v) is 6.15. The van der Waals surface area contributed by atoms with Crippen molar-refractivity contribution >= 4 is 27.6 Å². The van der Waals surface area contributed by atoms with Crippen LogP contribution in [0.1, 0.15) is 35.2 Å². The normalized spacial score (nSPS) is 16.0. The Hall–Kier alpha value is -1.11. The minimum Gasteiger partial charge on any atom is -0.478 e. The second kappa shape index (κ2) is 5.94. The van der Waals surface area contributed by atoms with Gasteiger partial charge in [0, 0.05) is 18.6 Å². The Morgan fingerprint density at radius 2 is 2.05 bits per heavy atom. The summed E-state index contributed by atoms with van der Waals surface area (Å²) in [6, 6.07) is 2.58. The molecule has 0 unspecified atom stereocenters. The third-order valence-electron chi connectivity index (χ3n) is 3.98. The van der Waals surface area contributed by atoms with Gasteiger partial charge >= 0.3 is 5.97 Å². The topological polar surface area (TPSA) is 74.7 Å². The van der Waals surface area contributed by atoms with Gasteiger partial charge in [-0.25, -0.2) is 17.5 Å². The molecule has 21 heavy (non-hydrogen) atoms. The molecule has 0 aromatic heterocycles. The smallest absolute Gasteiger partial charge is 0.336 e. The van der Waals surface area contributed by atoms with Gasteiger partial charge in [0.05, 0.1) is 10.5 Å². The van der Waals surface area contributed by atoms with Crippen molar-refractivity contribution in [3.8, 4) is 0 Å². The Morgan fingerprint density at radius 3 is 2.52 bits per heavy atom. The van der Waals surface area contributed by atoms with Gasteiger partial charge in [-0.1, -0.05) is 18.0 Å². The summed E-state index contributed by atoms with van der Waals surface area (Å²) in [6.07, 6.45) is 3.21. The van der Waals surface area contributed by atoms with E-state index in [1.165, 1.54) is 30.4 Å². The number of halogens is 1. The summed E-state index contributed by atoms with van der Waals surface area (Å²) >= 11 is 5.87. The fourth-order valence-electron chi connectivity index (χ4n) is 2.45. The van der Waals surface area contributed by atoms with Crippen LogP contribution in [0.2, 0.25) is 5.02 Å². The highest BCUT2D eigenvalue weighted by molar-refractivity contribution is 7.89. The highest BCUT2D eigenvalue weighted by atomic mass is 35.5. The van der Waals surface area contributed by atoms with E-state index in [0.29, 0.717) is 12.5 Å². The van der Waals surface area contributed by atoms with E-state index in [1.54, 1.807) is 0 Å². The van der Waals surface area contributed by atoms with Gasteiger partial charge in [-0.3, -0.25) is 0 Å². The molecule has 1 aliphatic carbocycles. The molecule has 0 heterocycles. The summed E-state index contributed by atoms with van der Waals surface area (Å²) in [6.45, 7) is 1.94. The first-order chi connectivity index (χ1) is 9.73. The molecule has 0 radical (unpaired) electrons. The molecule has 0 saturated heterocycles. The number of carboxylic acids is 1. The van der Waals surface area contributed by atoms with Gasteiger partial charge in [0.15, 0.2) is 0 Å². The first-order valence-electron chi connectivity index (χ1n) is 6.73. The van der Waals surface area contributed by atoms with Crippen LogP contribution in [0.3, 0.4) is 0 Å².